The van der Waals surface area contributed by atoms with Crippen LogP contribution in [0.25, 0.3) is 0 Å². The molecule has 0 radical (unpaired) electrons. The van der Waals surface area contributed by atoms with Crippen LogP contribution in [0.3, 0.4) is 0 Å². The van der Waals surface area contributed by atoms with E-state index in [2.05, 4.69) is 15.4 Å². The summed E-state index contributed by atoms with van der Waals surface area (Å²) < 4.78 is 40.3. The number of carbonyl (C=O) groups is 4. The van der Waals surface area contributed by atoms with Crippen molar-refractivity contribution >= 4 is 35.0 Å². The molecule has 0 heterocycles. The number of benzene rings is 2. The summed E-state index contributed by atoms with van der Waals surface area (Å²) in [5.41, 5.74) is 10.7. The van der Waals surface area contributed by atoms with Gasteiger partial charge in [0.2, 0.25) is 23.6 Å². The van der Waals surface area contributed by atoms with Crippen molar-refractivity contribution in [3.8, 4) is 5.75 Å². The number of ether oxygens (including phenoxy) is 1. The third kappa shape index (κ3) is 8.49. The predicted octanol–water partition coefficient (Wildman–Crippen LogP) is 1.29. The van der Waals surface area contributed by atoms with Gasteiger partial charge >= 0.3 is 6.36 Å². The van der Waals surface area contributed by atoms with E-state index in [0.717, 1.165) is 12.1 Å². The largest absolute Gasteiger partial charge is 0.573 e. The summed E-state index contributed by atoms with van der Waals surface area (Å²) in [4.78, 5) is 48.5. The molecule has 6 N–H and O–H groups in total. The molecule has 0 aliphatic heterocycles. The van der Waals surface area contributed by atoms with Crippen LogP contribution in [0, 0.1) is 0 Å². The lowest BCUT2D eigenvalue weighted by Crippen LogP contribution is -2.36. The topological polar surface area (TPSA) is 157 Å². The van der Waals surface area contributed by atoms with Gasteiger partial charge in [0.25, 0.3) is 0 Å². The lowest BCUT2D eigenvalue weighted by Gasteiger charge is -2.16. The van der Waals surface area contributed by atoms with Gasteiger partial charge in [0.15, 0.2) is 0 Å². The number of carbonyl (C=O) groups excluding carboxylic acids is 4. The van der Waals surface area contributed by atoms with Crippen molar-refractivity contribution in [1.82, 2.24) is 4.90 Å². The maximum absolute atomic E-state index is 12.3. The first-order chi connectivity index (χ1) is 15.3. The second kappa shape index (κ2) is 10.5. The van der Waals surface area contributed by atoms with E-state index >= 15 is 0 Å². The normalized spacial score (nSPS) is 11.1. The van der Waals surface area contributed by atoms with E-state index in [4.69, 9.17) is 11.5 Å². The zero-order chi connectivity index (χ0) is 24.8. The number of likely N-dealkylation sites (N-methyl/N-ethyl adjacent to an activating group) is 1. The van der Waals surface area contributed by atoms with E-state index < -0.39 is 35.7 Å². The van der Waals surface area contributed by atoms with Crippen molar-refractivity contribution in [3.63, 3.8) is 0 Å². The molecule has 0 saturated carbocycles. The summed E-state index contributed by atoms with van der Waals surface area (Å²) in [6.45, 7) is -0.458. The summed E-state index contributed by atoms with van der Waals surface area (Å²) in [6, 6.07) is 8.28. The third-order valence-electron chi connectivity index (χ3n) is 3.98. The summed E-state index contributed by atoms with van der Waals surface area (Å²) >= 11 is 0. The van der Waals surface area contributed by atoms with Crippen molar-refractivity contribution in [2.24, 2.45) is 11.5 Å². The fourth-order valence-electron chi connectivity index (χ4n) is 2.67. The molecule has 176 valence electrons. The first kappa shape index (κ1) is 25.1. The molecule has 2 aromatic carbocycles. The summed E-state index contributed by atoms with van der Waals surface area (Å²) in [5, 5.41) is 4.95. The van der Waals surface area contributed by atoms with Gasteiger partial charge < -0.3 is 26.8 Å². The fourth-order valence-corrected chi connectivity index (χ4v) is 2.67. The molecule has 2 rings (SSSR count). The highest BCUT2D eigenvalue weighted by molar-refractivity contribution is 6.02. The molecule has 0 aliphatic rings. The lowest BCUT2D eigenvalue weighted by atomic mass is 10.1. The van der Waals surface area contributed by atoms with Gasteiger partial charge in [-0.15, -0.1) is 13.2 Å². The van der Waals surface area contributed by atoms with Gasteiger partial charge in [-0.1, -0.05) is 0 Å². The van der Waals surface area contributed by atoms with Crippen molar-refractivity contribution in [2.45, 2.75) is 6.36 Å². The van der Waals surface area contributed by atoms with Crippen molar-refractivity contribution in [3.05, 3.63) is 53.6 Å². The van der Waals surface area contributed by atoms with Crippen LogP contribution in [0.15, 0.2) is 42.5 Å². The Balaban J connectivity index is 1.90. The Hall–Kier alpha value is -4.13. The Morgan fingerprint density at radius 2 is 1.30 bits per heavy atom. The Bertz CT molecular complexity index is 1020. The molecule has 0 atom stereocenters. The first-order valence-corrected chi connectivity index (χ1v) is 9.21. The highest BCUT2D eigenvalue weighted by Gasteiger charge is 2.31. The van der Waals surface area contributed by atoms with Gasteiger partial charge in [0.05, 0.1) is 13.1 Å². The highest BCUT2D eigenvalue weighted by Crippen LogP contribution is 2.24. The van der Waals surface area contributed by atoms with Gasteiger partial charge in [-0.25, -0.2) is 0 Å². The van der Waals surface area contributed by atoms with Crippen LogP contribution in [0.5, 0.6) is 5.75 Å². The zero-order valence-electron chi connectivity index (χ0n) is 17.2. The second-order valence-electron chi connectivity index (χ2n) is 6.87. The molecule has 0 unspecified atom stereocenters. The van der Waals surface area contributed by atoms with Crippen LogP contribution in [0.2, 0.25) is 0 Å². The molecule has 0 spiro atoms. The smallest absolute Gasteiger partial charge is 0.406 e. The van der Waals surface area contributed by atoms with E-state index in [0.29, 0.717) is 0 Å². The van der Waals surface area contributed by atoms with Gasteiger partial charge in [-0.3, -0.25) is 24.1 Å². The Kier molecular flexibility index (Phi) is 7.96. The van der Waals surface area contributed by atoms with Crippen LogP contribution in [0.1, 0.15) is 20.7 Å². The molecule has 13 heteroatoms. The fraction of sp³-hybridized carbons (Fsp3) is 0.200. The SMILES string of the molecule is CN(CC(=O)Nc1ccc(OC(F)(F)F)cc1)CC(=O)Nc1cc(C(N)=O)cc(C(N)=O)c1. The number of hydrogen-bond donors (Lipinski definition) is 4. The number of nitrogens with one attached hydrogen (secondary N) is 2. The van der Waals surface area contributed by atoms with Gasteiger partial charge in [-0.2, -0.15) is 0 Å². The minimum Gasteiger partial charge on any atom is -0.406 e. The van der Waals surface area contributed by atoms with Crippen molar-refractivity contribution in [1.29, 1.82) is 0 Å². The molecule has 0 fully saturated rings. The molecule has 2 aromatic rings. The van der Waals surface area contributed by atoms with Crippen LogP contribution < -0.4 is 26.8 Å². The van der Waals surface area contributed by atoms with E-state index in [9.17, 15) is 32.3 Å². The minimum atomic E-state index is -4.82. The molecule has 0 aliphatic carbocycles. The number of hydrogen-bond acceptors (Lipinski definition) is 6. The van der Waals surface area contributed by atoms with E-state index in [1.807, 2.05) is 0 Å². The number of halogens is 3. The molecule has 0 bridgehead atoms. The van der Waals surface area contributed by atoms with Crippen LogP contribution in [-0.2, 0) is 9.59 Å². The van der Waals surface area contributed by atoms with Crippen LogP contribution in [0.4, 0.5) is 24.5 Å². The van der Waals surface area contributed by atoms with Crippen LogP contribution in [-0.4, -0.2) is 55.0 Å². The number of nitrogens with two attached hydrogens (primary N) is 2. The number of alkyl halides is 3. The monoisotopic (exact) mass is 467 g/mol. The molecule has 0 saturated heterocycles. The molecule has 0 aromatic heterocycles. The average Bonchev–Trinajstić information content (AvgIpc) is 2.67. The zero-order valence-corrected chi connectivity index (χ0v) is 17.2. The van der Waals surface area contributed by atoms with Crippen molar-refractivity contribution < 1.29 is 37.1 Å². The van der Waals surface area contributed by atoms with E-state index in [-0.39, 0.29) is 35.6 Å². The predicted molar refractivity (Wildman–Crippen MR) is 111 cm³/mol. The Morgan fingerprint density at radius 3 is 1.73 bits per heavy atom. The van der Waals surface area contributed by atoms with Gasteiger partial charge in [0, 0.05) is 22.5 Å². The summed E-state index contributed by atoms with van der Waals surface area (Å²) in [5.74, 6) is -3.16. The third-order valence-corrected chi connectivity index (χ3v) is 3.98. The van der Waals surface area contributed by atoms with Crippen molar-refractivity contribution in [2.75, 3.05) is 30.8 Å². The number of anilines is 2. The van der Waals surface area contributed by atoms with E-state index in [1.54, 1.807) is 0 Å². The molecule has 33 heavy (non-hydrogen) atoms. The summed E-state index contributed by atoms with van der Waals surface area (Å²) in [6.07, 6.45) is -4.82. The standard InChI is InChI=1S/C20H20F3N5O5/c1-28(9-16(29)26-13-2-4-15(5-3-13)33-20(21,22)23)10-17(30)27-14-7-11(18(24)31)6-12(8-14)19(25)32/h2-8H,9-10H2,1H3,(H2,24,31)(H2,25,32)(H,26,29)(H,27,30). The molecule has 10 nitrogen and oxygen atoms in total. The van der Waals surface area contributed by atoms with Crippen LogP contribution >= 0.6 is 0 Å². The summed E-state index contributed by atoms with van der Waals surface area (Å²) in [7, 11) is 1.48. The van der Waals surface area contributed by atoms with Gasteiger partial charge in [-0.05, 0) is 49.5 Å². The molecule has 4 amide bonds. The number of rotatable bonds is 9. The minimum absolute atomic E-state index is 0.0269. The number of primary amides is 2. The quantitative estimate of drug-likeness (QED) is 0.435. The maximum Gasteiger partial charge on any atom is 0.573 e. The second-order valence-corrected chi connectivity index (χ2v) is 6.87. The highest BCUT2D eigenvalue weighted by atomic mass is 19.4. The number of nitrogens with zero attached hydrogens (tertiary/aromatic N) is 1. The number of amides is 4. The first-order valence-electron chi connectivity index (χ1n) is 9.21. The Morgan fingerprint density at radius 1 is 0.848 bits per heavy atom. The lowest BCUT2D eigenvalue weighted by molar-refractivity contribution is -0.274. The molecular formula is C20H20F3N5O5. The Labute approximate surface area is 185 Å². The molecular weight excluding hydrogens is 447 g/mol. The average molecular weight is 467 g/mol. The van der Waals surface area contributed by atoms with Gasteiger partial charge in [0.1, 0.15) is 5.75 Å². The maximum atomic E-state index is 12.3. The van der Waals surface area contributed by atoms with E-state index in [1.165, 1.54) is 42.3 Å².